The van der Waals surface area contributed by atoms with Crippen LogP contribution in [0.4, 0.5) is 0 Å². The molecule has 0 aliphatic carbocycles. The van der Waals surface area contributed by atoms with Crippen molar-refractivity contribution < 1.29 is 0 Å². The zero-order chi connectivity index (χ0) is 4.99. The minimum absolute atomic E-state index is 0.337. The Bertz CT molecular complexity index is 32.7. The summed E-state index contributed by atoms with van der Waals surface area (Å²) in [6, 6.07) is 0. The van der Waals surface area contributed by atoms with Gasteiger partial charge in [-0.3, -0.25) is 11.3 Å². The average molecular weight is 102 g/mol. The summed E-state index contributed by atoms with van der Waals surface area (Å²) in [5.41, 5.74) is 2.47. The molecule has 2 nitrogen and oxygen atoms in total. The molecule has 0 spiro atoms. The minimum atomic E-state index is -0.337. The van der Waals surface area contributed by atoms with Gasteiger partial charge in [0.15, 0.2) is 0 Å². The minimum Gasteiger partial charge on any atom is -0.271 e. The Morgan fingerprint density at radius 1 is 2.00 bits per heavy atom. The van der Waals surface area contributed by atoms with Crippen molar-refractivity contribution in [3.8, 4) is 0 Å². The van der Waals surface area contributed by atoms with Gasteiger partial charge in [-0.05, 0) is 0 Å². The van der Waals surface area contributed by atoms with E-state index in [9.17, 15) is 0 Å². The third-order valence-corrected chi connectivity index (χ3v) is 1.02. The van der Waals surface area contributed by atoms with Gasteiger partial charge in [0.1, 0.15) is 7.57 Å². The molecule has 0 aliphatic heterocycles. The van der Waals surface area contributed by atoms with Gasteiger partial charge in [0.25, 0.3) is 0 Å². The summed E-state index contributed by atoms with van der Waals surface area (Å²) in [5, 5.41) is 0. The van der Waals surface area contributed by atoms with Crippen molar-refractivity contribution in [2.24, 2.45) is 5.84 Å². The molecule has 1 unspecified atom stereocenters. The zero-order valence-electron chi connectivity index (χ0n) is 3.81. The predicted molar refractivity (Wildman–Crippen MR) is 30.8 cm³/mol. The van der Waals surface area contributed by atoms with Crippen molar-refractivity contribution in [1.29, 1.82) is 0 Å². The lowest BCUT2D eigenvalue weighted by Gasteiger charge is -2.00. The first-order valence-electron chi connectivity index (χ1n) is 1.66. The maximum Gasteiger partial charge on any atom is 0.110 e. The fourth-order valence-electron chi connectivity index (χ4n) is 0.144. The summed E-state index contributed by atoms with van der Waals surface area (Å²) in [7, 11) is 4.99. The van der Waals surface area contributed by atoms with Crippen molar-refractivity contribution in [3.63, 3.8) is 0 Å². The zero-order valence-corrected chi connectivity index (χ0v) is 4.70. The number of hydrogen-bond acceptors (Lipinski definition) is 2. The fraction of sp³-hybridized carbons (Fsp3) is 1.00. The molecule has 0 heterocycles. The Hall–Kier alpha value is 0.415. The monoisotopic (exact) mass is 102 g/mol. The van der Waals surface area contributed by atoms with Gasteiger partial charge in [0.05, 0.1) is 0 Å². The van der Waals surface area contributed by atoms with Crippen molar-refractivity contribution in [2.75, 3.05) is 13.0 Å². The van der Waals surface area contributed by atoms with E-state index in [1.54, 1.807) is 0 Å². The van der Waals surface area contributed by atoms with E-state index in [1.165, 1.54) is 0 Å². The van der Waals surface area contributed by atoms with Gasteiger partial charge in [-0.25, -0.2) is 0 Å². The van der Waals surface area contributed by atoms with Crippen LogP contribution < -0.4 is 11.3 Å². The van der Waals surface area contributed by atoms with Crippen LogP contribution in [0.3, 0.4) is 0 Å². The van der Waals surface area contributed by atoms with Crippen molar-refractivity contribution >= 4 is 15.4 Å². The van der Waals surface area contributed by atoms with Gasteiger partial charge < -0.3 is 0 Å². The van der Waals surface area contributed by atoms with E-state index in [0.29, 0.717) is 0 Å². The second-order valence-corrected chi connectivity index (χ2v) is 2.95. The fourth-order valence-corrected chi connectivity index (χ4v) is 0.432. The molecule has 0 amide bonds. The van der Waals surface area contributed by atoms with Gasteiger partial charge in [0.2, 0.25) is 0 Å². The molecule has 0 aromatic heterocycles. The number of hydrazine groups is 1. The van der Waals surface area contributed by atoms with Gasteiger partial charge in [-0.2, -0.15) is 0 Å². The van der Waals surface area contributed by atoms with E-state index in [-0.39, 0.29) is 7.80 Å². The second-order valence-electron chi connectivity index (χ2n) is 1.12. The highest BCUT2D eigenvalue weighted by molar-refractivity contribution is 7.81. The summed E-state index contributed by atoms with van der Waals surface area (Å²) < 4.78 is 0. The molecule has 0 bridgehead atoms. The van der Waals surface area contributed by atoms with Gasteiger partial charge >= 0.3 is 0 Å². The summed E-state index contributed by atoms with van der Waals surface area (Å²) in [5.74, 6) is 4.92. The summed E-state index contributed by atoms with van der Waals surface area (Å²) in [4.78, 5) is 0. The topological polar surface area (TPSA) is 38.0 Å². The highest BCUT2D eigenvalue weighted by Crippen LogP contribution is 2.18. The van der Waals surface area contributed by atoms with Crippen molar-refractivity contribution in [2.45, 2.75) is 0 Å². The smallest absolute Gasteiger partial charge is 0.110 e. The van der Waals surface area contributed by atoms with Gasteiger partial charge in [-0.15, -0.1) is 7.80 Å². The molecule has 6 heavy (non-hydrogen) atoms. The first-order chi connectivity index (χ1) is 2.77. The molecule has 34 valence electrons. The Labute approximate surface area is 40.6 Å². The lowest BCUT2D eigenvalue weighted by molar-refractivity contribution is 0.868. The number of nitrogens with two attached hydrogens (primary N) is 1. The SMILES string of the molecule is [B]P(C)CNN. The molecule has 0 aromatic carbocycles. The Kier molecular flexibility index (Phi) is 3.85. The maximum absolute atomic E-state index is 5.33. The summed E-state index contributed by atoms with van der Waals surface area (Å²) >= 11 is 0. The number of hydrogen-bond donors (Lipinski definition) is 2. The molecule has 0 saturated carbocycles. The highest BCUT2D eigenvalue weighted by Gasteiger charge is 1.82. The van der Waals surface area contributed by atoms with Crippen LogP contribution in [0.25, 0.3) is 0 Å². The molecule has 3 N–H and O–H groups in total. The first kappa shape index (κ1) is 6.41. The van der Waals surface area contributed by atoms with Gasteiger partial charge in [-0.1, -0.05) is 6.66 Å². The van der Waals surface area contributed by atoms with E-state index in [4.69, 9.17) is 13.4 Å². The van der Waals surface area contributed by atoms with Crippen LogP contribution in [-0.4, -0.2) is 20.5 Å². The number of rotatable bonds is 2. The Morgan fingerprint density at radius 2 is 2.50 bits per heavy atom. The largest absolute Gasteiger partial charge is 0.271 e. The standard InChI is InChI=1S/C2H8BN2P/c1-6(3)2-5-4/h5H,2,4H2,1H3. The molecule has 1 atom stereocenters. The third kappa shape index (κ3) is 4.41. The van der Waals surface area contributed by atoms with E-state index in [1.807, 2.05) is 6.66 Å². The van der Waals surface area contributed by atoms with Crippen LogP contribution in [0.15, 0.2) is 0 Å². The lowest BCUT2D eigenvalue weighted by atomic mass is 10.8. The molecule has 0 saturated heterocycles. The molecule has 0 fully saturated rings. The van der Waals surface area contributed by atoms with E-state index in [0.717, 1.165) is 6.29 Å². The molecule has 4 heteroatoms. The van der Waals surface area contributed by atoms with Crippen molar-refractivity contribution in [3.05, 3.63) is 0 Å². The second kappa shape index (κ2) is 3.60. The maximum atomic E-state index is 5.33. The molecule has 0 aliphatic rings. The quantitative estimate of drug-likeness (QED) is 0.215. The molecule has 0 aromatic rings. The first-order valence-corrected chi connectivity index (χ1v) is 3.71. The van der Waals surface area contributed by atoms with Crippen LogP contribution in [-0.2, 0) is 0 Å². The van der Waals surface area contributed by atoms with Crippen LogP contribution in [0.2, 0.25) is 0 Å². The van der Waals surface area contributed by atoms with Crippen LogP contribution in [0.1, 0.15) is 0 Å². The highest BCUT2D eigenvalue weighted by atomic mass is 31.1. The predicted octanol–water partition coefficient (Wildman–Crippen LogP) is -0.398. The molecule has 2 radical (unpaired) electrons. The number of nitrogens with one attached hydrogen (secondary N) is 1. The normalized spacial score (nSPS) is 14.3. The van der Waals surface area contributed by atoms with Gasteiger partial charge in [0, 0.05) is 6.29 Å². The Morgan fingerprint density at radius 3 is 2.50 bits per heavy atom. The summed E-state index contributed by atoms with van der Waals surface area (Å²) in [6.07, 6.45) is 0.745. The van der Waals surface area contributed by atoms with Crippen molar-refractivity contribution in [1.82, 2.24) is 5.43 Å². The summed E-state index contributed by atoms with van der Waals surface area (Å²) in [6.45, 7) is 1.95. The molecular weight excluding hydrogens is 93.8 g/mol. The molecular formula is C2H8BN2P. The van der Waals surface area contributed by atoms with Crippen LogP contribution in [0, 0.1) is 0 Å². The van der Waals surface area contributed by atoms with E-state index >= 15 is 0 Å². The molecule has 0 rings (SSSR count). The lowest BCUT2D eigenvalue weighted by Crippen LogP contribution is -2.21. The third-order valence-electron chi connectivity index (χ3n) is 0.341. The average Bonchev–Trinajstić information content (AvgIpc) is 1.35. The van der Waals surface area contributed by atoms with Crippen LogP contribution in [0.5, 0.6) is 0 Å². The van der Waals surface area contributed by atoms with E-state index < -0.39 is 0 Å². The van der Waals surface area contributed by atoms with E-state index in [2.05, 4.69) is 5.43 Å². The Balaban J connectivity index is 2.63. The van der Waals surface area contributed by atoms with Crippen LogP contribution >= 0.6 is 7.80 Å².